The van der Waals surface area contributed by atoms with Gasteiger partial charge in [-0.25, -0.2) is 4.98 Å². The molecule has 0 unspecified atom stereocenters. The summed E-state index contributed by atoms with van der Waals surface area (Å²) in [6, 6.07) is 11.0. The summed E-state index contributed by atoms with van der Waals surface area (Å²) >= 11 is 5.96. The van der Waals surface area contributed by atoms with Crippen molar-refractivity contribution in [3.63, 3.8) is 0 Å². The van der Waals surface area contributed by atoms with E-state index >= 15 is 0 Å². The lowest BCUT2D eigenvalue weighted by atomic mass is 10.1. The largest absolute Gasteiger partial charge is 0.399 e. The molecule has 24 heavy (non-hydrogen) atoms. The fraction of sp³-hybridized carbons (Fsp3) is 0.263. The van der Waals surface area contributed by atoms with E-state index in [2.05, 4.69) is 4.98 Å². The Bertz CT molecular complexity index is 903. The molecule has 0 amide bonds. The van der Waals surface area contributed by atoms with Crippen LogP contribution in [0, 0.1) is 6.92 Å². The SMILES string of the molecule is CC.Cc1cc(Cl)ccc1CCn1cnc2cc(N)ccc2c1=O. The van der Waals surface area contributed by atoms with Crippen LogP contribution >= 0.6 is 11.6 Å². The van der Waals surface area contributed by atoms with Crippen LogP contribution < -0.4 is 11.3 Å². The highest BCUT2D eigenvalue weighted by atomic mass is 35.5. The second-order valence-electron chi connectivity index (χ2n) is 5.34. The molecule has 0 aliphatic heterocycles. The Labute approximate surface area is 146 Å². The van der Waals surface area contributed by atoms with Gasteiger partial charge in [-0.1, -0.05) is 31.5 Å². The van der Waals surface area contributed by atoms with Crippen LogP contribution in [0.3, 0.4) is 0 Å². The lowest BCUT2D eigenvalue weighted by Gasteiger charge is -2.09. The Kier molecular flexibility index (Phi) is 5.99. The van der Waals surface area contributed by atoms with Crippen LogP contribution in [0.1, 0.15) is 25.0 Å². The molecule has 5 heteroatoms. The molecule has 0 spiro atoms. The molecule has 0 atom stereocenters. The predicted molar refractivity (Wildman–Crippen MR) is 102 cm³/mol. The van der Waals surface area contributed by atoms with Gasteiger partial charge in [-0.15, -0.1) is 0 Å². The van der Waals surface area contributed by atoms with Gasteiger partial charge in [0.05, 0.1) is 17.2 Å². The van der Waals surface area contributed by atoms with Crippen LogP contribution in [0.5, 0.6) is 0 Å². The van der Waals surface area contributed by atoms with Gasteiger partial charge >= 0.3 is 0 Å². The lowest BCUT2D eigenvalue weighted by Crippen LogP contribution is -2.21. The van der Waals surface area contributed by atoms with Gasteiger partial charge in [0.25, 0.3) is 5.56 Å². The van der Waals surface area contributed by atoms with E-state index in [4.69, 9.17) is 17.3 Å². The minimum atomic E-state index is -0.0448. The molecule has 2 aromatic carbocycles. The highest BCUT2D eigenvalue weighted by molar-refractivity contribution is 6.30. The number of hydrogen-bond acceptors (Lipinski definition) is 3. The van der Waals surface area contributed by atoms with E-state index in [0.29, 0.717) is 23.1 Å². The van der Waals surface area contributed by atoms with Gasteiger partial charge in [0.2, 0.25) is 0 Å². The highest BCUT2D eigenvalue weighted by Gasteiger charge is 2.06. The summed E-state index contributed by atoms with van der Waals surface area (Å²) < 4.78 is 1.63. The number of nitrogens with zero attached hydrogens (tertiary/aromatic N) is 2. The van der Waals surface area contributed by atoms with Crippen molar-refractivity contribution in [2.24, 2.45) is 0 Å². The number of aromatic nitrogens is 2. The van der Waals surface area contributed by atoms with E-state index in [9.17, 15) is 4.79 Å². The average molecular weight is 344 g/mol. The molecule has 0 saturated heterocycles. The van der Waals surface area contributed by atoms with Gasteiger partial charge in [-0.2, -0.15) is 0 Å². The smallest absolute Gasteiger partial charge is 0.261 e. The van der Waals surface area contributed by atoms with Crippen molar-refractivity contribution >= 4 is 28.2 Å². The fourth-order valence-corrected chi connectivity index (χ4v) is 2.74. The first-order valence-corrected chi connectivity index (χ1v) is 8.42. The molecule has 0 fully saturated rings. The number of rotatable bonds is 3. The van der Waals surface area contributed by atoms with E-state index in [1.165, 1.54) is 5.56 Å². The molecular formula is C19H22ClN3O. The molecule has 0 saturated carbocycles. The Morgan fingerprint density at radius 3 is 2.62 bits per heavy atom. The zero-order valence-electron chi connectivity index (χ0n) is 14.2. The number of anilines is 1. The molecule has 3 rings (SSSR count). The van der Waals surface area contributed by atoms with Gasteiger partial charge < -0.3 is 5.73 Å². The van der Waals surface area contributed by atoms with Gasteiger partial charge in [0, 0.05) is 17.3 Å². The van der Waals surface area contributed by atoms with Crippen LogP contribution in [0.4, 0.5) is 5.69 Å². The summed E-state index contributed by atoms with van der Waals surface area (Å²) in [5, 5.41) is 1.31. The number of benzene rings is 2. The topological polar surface area (TPSA) is 60.9 Å². The predicted octanol–water partition coefficient (Wildman–Crippen LogP) is 4.21. The molecule has 0 aliphatic carbocycles. The molecule has 1 aromatic heterocycles. The van der Waals surface area contributed by atoms with Crippen molar-refractivity contribution in [3.8, 4) is 0 Å². The van der Waals surface area contributed by atoms with Gasteiger partial charge in [0.1, 0.15) is 0 Å². The van der Waals surface area contributed by atoms with E-state index in [1.54, 1.807) is 29.1 Å². The minimum Gasteiger partial charge on any atom is -0.399 e. The van der Waals surface area contributed by atoms with E-state index in [0.717, 1.165) is 17.0 Å². The van der Waals surface area contributed by atoms with E-state index in [-0.39, 0.29) is 5.56 Å². The summed E-state index contributed by atoms with van der Waals surface area (Å²) in [6.45, 7) is 6.60. The first kappa shape index (κ1) is 18.0. The molecule has 3 aromatic rings. The molecular weight excluding hydrogens is 322 g/mol. The zero-order chi connectivity index (χ0) is 17.7. The minimum absolute atomic E-state index is 0.0448. The first-order valence-electron chi connectivity index (χ1n) is 8.04. The van der Waals surface area contributed by atoms with Crippen molar-refractivity contribution in [2.75, 3.05) is 5.73 Å². The summed E-state index contributed by atoms with van der Waals surface area (Å²) in [5.74, 6) is 0. The third kappa shape index (κ3) is 3.95. The molecule has 0 bridgehead atoms. The Morgan fingerprint density at radius 1 is 1.17 bits per heavy atom. The normalized spacial score (nSPS) is 10.3. The second kappa shape index (κ2) is 7.97. The average Bonchev–Trinajstić information content (AvgIpc) is 2.57. The van der Waals surface area contributed by atoms with Crippen molar-refractivity contribution in [1.82, 2.24) is 9.55 Å². The summed E-state index contributed by atoms with van der Waals surface area (Å²) in [4.78, 5) is 16.8. The Hall–Kier alpha value is -2.33. The van der Waals surface area contributed by atoms with Crippen molar-refractivity contribution in [3.05, 3.63) is 69.2 Å². The maximum absolute atomic E-state index is 12.5. The van der Waals surface area contributed by atoms with Crippen molar-refractivity contribution in [2.45, 2.75) is 33.7 Å². The summed E-state index contributed by atoms with van der Waals surface area (Å²) in [5.41, 5.74) is 9.21. The molecule has 126 valence electrons. The first-order chi connectivity index (χ1) is 11.5. The number of hydrogen-bond donors (Lipinski definition) is 1. The molecule has 1 heterocycles. The second-order valence-corrected chi connectivity index (χ2v) is 5.78. The van der Waals surface area contributed by atoms with Crippen LogP contribution in [0.15, 0.2) is 47.5 Å². The monoisotopic (exact) mass is 343 g/mol. The molecule has 0 radical (unpaired) electrons. The highest BCUT2D eigenvalue weighted by Crippen LogP contribution is 2.16. The fourth-order valence-electron chi connectivity index (χ4n) is 2.52. The van der Waals surface area contributed by atoms with Crippen LogP contribution in [0.2, 0.25) is 5.02 Å². The van der Waals surface area contributed by atoms with Crippen molar-refractivity contribution < 1.29 is 0 Å². The number of aryl methyl sites for hydroxylation is 3. The number of fused-ring (bicyclic) bond motifs is 1. The van der Waals surface area contributed by atoms with Crippen LogP contribution in [-0.2, 0) is 13.0 Å². The third-order valence-electron chi connectivity index (χ3n) is 3.78. The number of nitrogens with two attached hydrogens (primary N) is 1. The van der Waals surface area contributed by atoms with Gasteiger partial charge in [0.15, 0.2) is 0 Å². The van der Waals surface area contributed by atoms with Crippen LogP contribution in [0.25, 0.3) is 10.9 Å². The number of nitrogen functional groups attached to an aromatic ring is 1. The number of halogens is 1. The lowest BCUT2D eigenvalue weighted by molar-refractivity contribution is 0.661. The molecule has 2 N–H and O–H groups in total. The summed E-state index contributed by atoms with van der Waals surface area (Å²) in [7, 11) is 0. The van der Waals surface area contributed by atoms with Crippen LogP contribution in [-0.4, -0.2) is 9.55 Å². The quantitative estimate of drug-likeness (QED) is 0.724. The molecule has 0 aliphatic rings. The Balaban J connectivity index is 0.00000100. The summed E-state index contributed by atoms with van der Waals surface area (Å²) in [6.07, 6.45) is 2.33. The maximum Gasteiger partial charge on any atom is 0.261 e. The Morgan fingerprint density at radius 2 is 1.92 bits per heavy atom. The third-order valence-corrected chi connectivity index (χ3v) is 4.01. The van der Waals surface area contributed by atoms with Gasteiger partial charge in [-0.3, -0.25) is 9.36 Å². The zero-order valence-corrected chi connectivity index (χ0v) is 15.0. The van der Waals surface area contributed by atoms with E-state index in [1.807, 2.05) is 39.0 Å². The van der Waals surface area contributed by atoms with Gasteiger partial charge in [-0.05, 0) is 54.8 Å². The van der Waals surface area contributed by atoms with Crippen molar-refractivity contribution in [1.29, 1.82) is 0 Å². The maximum atomic E-state index is 12.5. The molecule has 4 nitrogen and oxygen atoms in total. The van der Waals surface area contributed by atoms with E-state index < -0.39 is 0 Å². The standard InChI is InChI=1S/C17H16ClN3O.C2H6/c1-11-8-13(18)3-2-12(11)6-7-21-10-20-16-9-14(19)4-5-15(16)17(21)22;1-2/h2-5,8-10H,6-7,19H2,1H3;1-2H3.